The van der Waals surface area contributed by atoms with Crippen LogP contribution < -0.4 is 11.1 Å². The summed E-state index contributed by atoms with van der Waals surface area (Å²) in [5, 5.41) is 3.07. The highest BCUT2D eigenvalue weighted by Crippen LogP contribution is 2.26. The van der Waals surface area contributed by atoms with E-state index in [1.807, 2.05) is 0 Å². The Morgan fingerprint density at radius 2 is 1.72 bits per heavy atom. The molecule has 1 amide bonds. The SMILES string of the molecule is Cc1cc(C(C)(C)C)cc(C)c1CNCC(N)=O. The van der Waals surface area contributed by atoms with Gasteiger partial charge in [-0.15, -0.1) is 0 Å². The molecule has 0 bridgehead atoms. The lowest BCUT2D eigenvalue weighted by Crippen LogP contribution is -2.28. The summed E-state index contributed by atoms with van der Waals surface area (Å²) in [4.78, 5) is 10.7. The Morgan fingerprint density at radius 3 is 2.11 bits per heavy atom. The van der Waals surface area contributed by atoms with Crippen LogP contribution in [-0.4, -0.2) is 12.5 Å². The van der Waals surface area contributed by atoms with Gasteiger partial charge < -0.3 is 11.1 Å². The maximum Gasteiger partial charge on any atom is 0.231 e. The minimum Gasteiger partial charge on any atom is -0.369 e. The summed E-state index contributed by atoms with van der Waals surface area (Å²) in [5.74, 6) is -0.323. The van der Waals surface area contributed by atoms with Gasteiger partial charge in [0.15, 0.2) is 0 Å². The number of carbonyl (C=O) groups is 1. The van der Waals surface area contributed by atoms with E-state index >= 15 is 0 Å². The Kier molecular flexibility index (Phi) is 4.52. The van der Waals surface area contributed by atoms with Crippen molar-refractivity contribution < 1.29 is 4.79 Å². The molecule has 0 aliphatic rings. The van der Waals surface area contributed by atoms with E-state index in [1.165, 1.54) is 22.3 Å². The summed E-state index contributed by atoms with van der Waals surface area (Å²) in [6.45, 7) is 11.8. The van der Waals surface area contributed by atoms with Crippen LogP contribution in [0.2, 0.25) is 0 Å². The molecule has 18 heavy (non-hydrogen) atoms. The van der Waals surface area contributed by atoms with E-state index in [0.717, 1.165) is 0 Å². The van der Waals surface area contributed by atoms with Crippen LogP contribution in [0.25, 0.3) is 0 Å². The smallest absolute Gasteiger partial charge is 0.231 e. The van der Waals surface area contributed by atoms with Gasteiger partial charge >= 0.3 is 0 Å². The predicted octanol–water partition coefficient (Wildman–Crippen LogP) is 2.18. The lowest BCUT2D eigenvalue weighted by Gasteiger charge is -2.22. The van der Waals surface area contributed by atoms with Gasteiger partial charge in [-0.05, 0) is 41.5 Å². The number of hydrogen-bond donors (Lipinski definition) is 2. The molecule has 3 heteroatoms. The second-order valence-electron chi connectivity index (χ2n) is 5.91. The molecule has 0 aromatic heterocycles. The van der Waals surface area contributed by atoms with E-state index in [1.54, 1.807) is 0 Å². The van der Waals surface area contributed by atoms with Crippen LogP contribution in [0.1, 0.15) is 43.0 Å². The van der Waals surface area contributed by atoms with Crippen LogP contribution in [0.4, 0.5) is 0 Å². The highest BCUT2D eigenvalue weighted by atomic mass is 16.1. The van der Waals surface area contributed by atoms with Crippen molar-refractivity contribution in [3.63, 3.8) is 0 Å². The molecule has 0 fully saturated rings. The summed E-state index contributed by atoms with van der Waals surface area (Å²) in [6.07, 6.45) is 0. The zero-order chi connectivity index (χ0) is 13.9. The number of aryl methyl sites for hydroxylation is 2. The Morgan fingerprint density at radius 1 is 1.22 bits per heavy atom. The molecule has 1 rings (SSSR count). The van der Waals surface area contributed by atoms with Gasteiger partial charge in [0, 0.05) is 6.54 Å². The minimum atomic E-state index is -0.323. The molecular weight excluding hydrogens is 224 g/mol. The van der Waals surface area contributed by atoms with E-state index in [9.17, 15) is 4.79 Å². The monoisotopic (exact) mass is 248 g/mol. The molecular formula is C15H24N2O. The first-order valence-corrected chi connectivity index (χ1v) is 6.31. The van der Waals surface area contributed by atoms with Crippen LogP contribution in [-0.2, 0) is 16.8 Å². The third kappa shape index (κ3) is 3.84. The Labute approximate surface area is 110 Å². The van der Waals surface area contributed by atoms with Crippen molar-refractivity contribution in [2.24, 2.45) is 5.73 Å². The van der Waals surface area contributed by atoms with Crippen molar-refractivity contribution in [2.45, 2.75) is 46.6 Å². The summed E-state index contributed by atoms with van der Waals surface area (Å²) >= 11 is 0. The zero-order valence-electron chi connectivity index (χ0n) is 12.1. The number of hydrogen-bond acceptors (Lipinski definition) is 2. The fourth-order valence-corrected chi connectivity index (χ4v) is 2.02. The maximum absolute atomic E-state index is 10.7. The molecule has 0 aliphatic carbocycles. The average Bonchev–Trinajstić information content (AvgIpc) is 2.20. The third-order valence-electron chi connectivity index (χ3n) is 3.16. The summed E-state index contributed by atoms with van der Waals surface area (Å²) in [7, 11) is 0. The van der Waals surface area contributed by atoms with Gasteiger partial charge in [-0.3, -0.25) is 4.79 Å². The van der Waals surface area contributed by atoms with Gasteiger partial charge in [0.2, 0.25) is 5.91 Å². The standard InChI is InChI=1S/C15H24N2O/c1-10-6-12(15(3,4)5)7-11(2)13(10)8-17-9-14(16)18/h6-7,17H,8-9H2,1-5H3,(H2,16,18). The van der Waals surface area contributed by atoms with Gasteiger partial charge in [0.25, 0.3) is 0 Å². The van der Waals surface area contributed by atoms with Crippen LogP contribution in [0.15, 0.2) is 12.1 Å². The lowest BCUT2D eigenvalue weighted by atomic mass is 9.84. The van der Waals surface area contributed by atoms with Crippen LogP contribution in [0.5, 0.6) is 0 Å². The number of primary amides is 1. The van der Waals surface area contributed by atoms with Gasteiger partial charge in [-0.1, -0.05) is 32.9 Å². The quantitative estimate of drug-likeness (QED) is 0.858. The molecule has 0 saturated heterocycles. The summed E-state index contributed by atoms with van der Waals surface area (Å²) in [5.41, 5.74) is 10.4. The number of carbonyl (C=O) groups excluding carboxylic acids is 1. The van der Waals surface area contributed by atoms with Crippen LogP contribution >= 0.6 is 0 Å². The Bertz CT molecular complexity index is 421. The Balaban J connectivity index is 2.91. The molecule has 0 unspecified atom stereocenters. The van der Waals surface area contributed by atoms with Crippen molar-refractivity contribution in [1.82, 2.24) is 5.32 Å². The minimum absolute atomic E-state index is 0.161. The number of nitrogens with one attached hydrogen (secondary N) is 1. The molecule has 0 saturated carbocycles. The molecule has 0 spiro atoms. The second kappa shape index (κ2) is 5.53. The van der Waals surface area contributed by atoms with E-state index in [4.69, 9.17) is 5.73 Å². The highest BCUT2D eigenvalue weighted by molar-refractivity contribution is 5.75. The fourth-order valence-electron chi connectivity index (χ4n) is 2.02. The highest BCUT2D eigenvalue weighted by Gasteiger charge is 2.16. The molecule has 1 aromatic carbocycles. The van der Waals surface area contributed by atoms with Crippen molar-refractivity contribution in [3.8, 4) is 0 Å². The number of rotatable bonds is 4. The number of nitrogens with two attached hydrogens (primary N) is 1. The molecule has 100 valence electrons. The van der Waals surface area contributed by atoms with Crippen LogP contribution in [0, 0.1) is 13.8 Å². The predicted molar refractivity (Wildman–Crippen MR) is 75.5 cm³/mol. The van der Waals surface area contributed by atoms with Gasteiger partial charge in [0.05, 0.1) is 6.54 Å². The van der Waals surface area contributed by atoms with E-state index < -0.39 is 0 Å². The lowest BCUT2D eigenvalue weighted by molar-refractivity contribution is -0.117. The van der Waals surface area contributed by atoms with Crippen molar-refractivity contribution in [1.29, 1.82) is 0 Å². The summed E-state index contributed by atoms with van der Waals surface area (Å²) < 4.78 is 0. The molecule has 0 radical (unpaired) electrons. The van der Waals surface area contributed by atoms with Crippen LogP contribution in [0.3, 0.4) is 0 Å². The van der Waals surface area contributed by atoms with E-state index in [0.29, 0.717) is 6.54 Å². The topological polar surface area (TPSA) is 55.1 Å². The van der Waals surface area contributed by atoms with Crippen molar-refractivity contribution in [3.05, 3.63) is 34.4 Å². The van der Waals surface area contributed by atoms with Crippen molar-refractivity contribution in [2.75, 3.05) is 6.54 Å². The average molecular weight is 248 g/mol. The second-order valence-corrected chi connectivity index (χ2v) is 5.91. The number of benzene rings is 1. The molecule has 0 heterocycles. The first-order chi connectivity index (χ1) is 8.21. The third-order valence-corrected chi connectivity index (χ3v) is 3.16. The normalized spacial score (nSPS) is 11.6. The first kappa shape index (κ1) is 14.7. The molecule has 3 N–H and O–H groups in total. The summed E-state index contributed by atoms with van der Waals surface area (Å²) in [6, 6.07) is 4.46. The van der Waals surface area contributed by atoms with Gasteiger partial charge in [-0.2, -0.15) is 0 Å². The zero-order valence-corrected chi connectivity index (χ0v) is 12.1. The van der Waals surface area contributed by atoms with Crippen molar-refractivity contribution >= 4 is 5.91 Å². The fraction of sp³-hybridized carbons (Fsp3) is 0.533. The number of amides is 1. The van der Waals surface area contributed by atoms with E-state index in [-0.39, 0.29) is 17.9 Å². The molecule has 0 aliphatic heterocycles. The van der Waals surface area contributed by atoms with E-state index in [2.05, 4.69) is 52.1 Å². The largest absolute Gasteiger partial charge is 0.369 e. The Hall–Kier alpha value is -1.35. The van der Waals surface area contributed by atoms with Gasteiger partial charge in [-0.25, -0.2) is 0 Å². The molecule has 3 nitrogen and oxygen atoms in total. The maximum atomic E-state index is 10.7. The van der Waals surface area contributed by atoms with Gasteiger partial charge in [0.1, 0.15) is 0 Å². The molecule has 1 aromatic rings. The molecule has 0 atom stereocenters. The first-order valence-electron chi connectivity index (χ1n) is 6.31.